The first-order valence-corrected chi connectivity index (χ1v) is 11.4. The summed E-state index contributed by atoms with van der Waals surface area (Å²) in [5, 5.41) is 12.8. The van der Waals surface area contributed by atoms with E-state index in [4.69, 9.17) is 9.26 Å². The summed E-state index contributed by atoms with van der Waals surface area (Å²) in [5.74, 6) is 0.701. The average molecular weight is 417 g/mol. The first kappa shape index (κ1) is 21.0. The molecule has 0 fully saturated rings. The summed E-state index contributed by atoms with van der Waals surface area (Å²) >= 11 is 0. The summed E-state index contributed by atoms with van der Waals surface area (Å²) in [6.45, 7) is 3.38. The zero-order valence-corrected chi connectivity index (χ0v) is 17.5. The number of aromatic nitrogens is 2. The molecular formula is C20H24N3O5P. The van der Waals surface area contributed by atoms with E-state index >= 15 is 0 Å². The molecule has 0 radical (unpaired) electrons. The summed E-state index contributed by atoms with van der Waals surface area (Å²) in [5.41, 5.74) is 1.68. The molecule has 3 aromatic rings. The number of methoxy groups -OCH3 is 1. The Morgan fingerprint density at radius 1 is 1.24 bits per heavy atom. The molecule has 29 heavy (non-hydrogen) atoms. The van der Waals surface area contributed by atoms with Crippen LogP contribution in [0.2, 0.25) is 0 Å². The molecule has 2 N–H and O–H groups in total. The Balaban J connectivity index is 1.93. The zero-order valence-electron chi connectivity index (χ0n) is 16.6. The molecule has 2 heterocycles. The van der Waals surface area contributed by atoms with Crippen molar-refractivity contribution >= 4 is 24.5 Å². The highest BCUT2D eigenvalue weighted by atomic mass is 31.2. The van der Waals surface area contributed by atoms with Gasteiger partial charge in [0.1, 0.15) is 5.82 Å². The molecule has 0 amide bonds. The lowest BCUT2D eigenvalue weighted by atomic mass is 10.2. The maximum atomic E-state index is 12.7. The van der Waals surface area contributed by atoms with Crippen LogP contribution in [0.1, 0.15) is 18.1 Å². The number of anilines is 2. The maximum absolute atomic E-state index is 12.7. The predicted molar refractivity (Wildman–Crippen MR) is 113 cm³/mol. The second kappa shape index (κ2) is 8.78. The number of hydrogen-bond donors (Lipinski definition) is 2. The summed E-state index contributed by atoms with van der Waals surface area (Å²) in [6, 6.07) is 10.7. The van der Waals surface area contributed by atoms with Gasteiger partial charge in [-0.3, -0.25) is 13.8 Å². The summed E-state index contributed by atoms with van der Waals surface area (Å²) in [7, 11) is -1.17. The second-order valence-corrected chi connectivity index (χ2v) is 9.19. The Labute approximate surface area is 168 Å². The predicted octanol–water partition coefficient (Wildman–Crippen LogP) is 3.38. The molecule has 0 spiro atoms. The van der Waals surface area contributed by atoms with E-state index in [1.807, 2.05) is 19.1 Å². The van der Waals surface area contributed by atoms with Crippen LogP contribution in [0.4, 0.5) is 11.5 Å². The lowest BCUT2D eigenvalue weighted by molar-refractivity contribution is 0.280. The third-order valence-corrected chi connectivity index (χ3v) is 6.12. The maximum Gasteiger partial charge on any atom is 0.265 e. The molecule has 0 aliphatic carbocycles. The van der Waals surface area contributed by atoms with Crippen LogP contribution in [0.15, 0.2) is 47.4 Å². The molecule has 8 nitrogen and oxygen atoms in total. The molecule has 0 saturated carbocycles. The van der Waals surface area contributed by atoms with Crippen molar-refractivity contribution in [2.24, 2.45) is 0 Å². The molecule has 154 valence electrons. The molecule has 1 unspecified atom stereocenters. The third-order valence-electron chi connectivity index (χ3n) is 4.38. The fourth-order valence-electron chi connectivity index (χ4n) is 3.06. The van der Waals surface area contributed by atoms with Crippen molar-refractivity contribution in [3.05, 3.63) is 64.1 Å². The number of rotatable bonds is 8. The van der Waals surface area contributed by atoms with E-state index in [1.54, 1.807) is 37.1 Å². The molecule has 1 aromatic carbocycles. The van der Waals surface area contributed by atoms with Crippen molar-refractivity contribution in [3.8, 4) is 5.75 Å². The van der Waals surface area contributed by atoms with Crippen molar-refractivity contribution in [1.29, 1.82) is 0 Å². The van der Waals surface area contributed by atoms with Crippen LogP contribution in [0.3, 0.4) is 0 Å². The van der Waals surface area contributed by atoms with Gasteiger partial charge < -0.3 is 19.7 Å². The molecular weight excluding hydrogens is 393 g/mol. The number of aliphatic hydroxyl groups excluding tert-OH is 1. The van der Waals surface area contributed by atoms with Gasteiger partial charge in [0.2, 0.25) is 7.37 Å². The minimum atomic E-state index is -2.68. The highest BCUT2D eigenvalue weighted by Gasteiger charge is 2.17. The first-order chi connectivity index (χ1) is 13.9. The largest absolute Gasteiger partial charge is 0.493 e. The highest BCUT2D eigenvalue weighted by molar-refractivity contribution is 7.57. The molecule has 0 aliphatic heterocycles. The van der Waals surface area contributed by atoms with E-state index in [0.717, 1.165) is 5.56 Å². The molecule has 0 saturated heterocycles. The summed E-state index contributed by atoms with van der Waals surface area (Å²) in [4.78, 5) is 17.2. The van der Waals surface area contributed by atoms with E-state index in [-0.39, 0.29) is 16.9 Å². The lowest BCUT2D eigenvalue weighted by Gasteiger charge is -2.14. The number of aliphatic hydroxyl groups is 1. The Bertz CT molecular complexity index is 1110. The zero-order chi connectivity index (χ0) is 21.0. The van der Waals surface area contributed by atoms with E-state index < -0.39 is 14.0 Å². The number of benzene rings is 1. The normalized spacial score (nSPS) is 13.2. The van der Waals surface area contributed by atoms with Gasteiger partial charge >= 0.3 is 0 Å². The molecule has 1 atom stereocenters. The first-order valence-electron chi connectivity index (χ1n) is 9.14. The SMILES string of the molecule is CCOP(C)(=O)Cc1ccc(Nc2nc3c(OC)cccn3c(=O)c2CO)cc1. The lowest BCUT2D eigenvalue weighted by Crippen LogP contribution is -2.22. The van der Waals surface area contributed by atoms with E-state index in [9.17, 15) is 14.5 Å². The van der Waals surface area contributed by atoms with Gasteiger partial charge in [0.25, 0.3) is 5.56 Å². The van der Waals surface area contributed by atoms with Crippen LogP contribution in [-0.4, -0.2) is 34.9 Å². The van der Waals surface area contributed by atoms with Crippen LogP contribution < -0.4 is 15.6 Å². The Kier molecular flexibility index (Phi) is 6.37. The van der Waals surface area contributed by atoms with Crippen LogP contribution >= 0.6 is 7.37 Å². The van der Waals surface area contributed by atoms with E-state index in [1.165, 1.54) is 11.5 Å². The fraction of sp³-hybridized carbons (Fsp3) is 0.300. The smallest absolute Gasteiger partial charge is 0.265 e. The number of nitrogens with zero attached hydrogens (tertiary/aromatic N) is 2. The third kappa shape index (κ3) is 4.67. The Morgan fingerprint density at radius 2 is 1.97 bits per heavy atom. The molecule has 3 rings (SSSR count). The molecule has 2 aromatic heterocycles. The number of nitrogens with one attached hydrogen (secondary N) is 1. The van der Waals surface area contributed by atoms with Crippen molar-refractivity contribution in [2.75, 3.05) is 25.7 Å². The van der Waals surface area contributed by atoms with Crippen molar-refractivity contribution in [1.82, 2.24) is 9.38 Å². The highest BCUT2D eigenvalue weighted by Crippen LogP contribution is 2.46. The number of pyridine rings is 1. The van der Waals surface area contributed by atoms with E-state index in [0.29, 0.717) is 29.9 Å². The minimum Gasteiger partial charge on any atom is -0.493 e. The number of fused-ring (bicyclic) bond motifs is 1. The average Bonchev–Trinajstić information content (AvgIpc) is 2.69. The van der Waals surface area contributed by atoms with E-state index in [2.05, 4.69) is 10.3 Å². The second-order valence-electron chi connectivity index (χ2n) is 6.58. The van der Waals surface area contributed by atoms with Gasteiger partial charge in [-0.1, -0.05) is 12.1 Å². The molecule has 0 aliphatic rings. The van der Waals surface area contributed by atoms with Gasteiger partial charge in [-0.25, -0.2) is 4.98 Å². The summed E-state index contributed by atoms with van der Waals surface area (Å²) < 4.78 is 24.3. The van der Waals surface area contributed by atoms with Crippen LogP contribution in [-0.2, 0) is 21.9 Å². The van der Waals surface area contributed by atoms with Crippen molar-refractivity contribution in [3.63, 3.8) is 0 Å². The van der Waals surface area contributed by atoms with Crippen LogP contribution in [0, 0.1) is 0 Å². The minimum absolute atomic E-state index is 0.147. The number of ether oxygens (including phenoxy) is 1. The monoisotopic (exact) mass is 417 g/mol. The number of hydrogen-bond acceptors (Lipinski definition) is 7. The Morgan fingerprint density at radius 3 is 2.59 bits per heavy atom. The topological polar surface area (TPSA) is 102 Å². The molecule has 9 heteroatoms. The van der Waals surface area contributed by atoms with Gasteiger partial charge in [0.15, 0.2) is 11.4 Å². The summed E-state index contributed by atoms with van der Waals surface area (Å²) in [6.07, 6.45) is 1.92. The van der Waals surface area contributed by atoms with Gasteiger partial charge in [0, 0.05) is 24.7 Å². The van der Waals surface area contributed by atoms with Gasteiger partial charge in [-0.05, 0) is 36.8 Å². The standard InChI is InChI=1S/C20H24N3O5P/c1-4-28-29(3,26)13-14-7-9-15(10-8-14)21-18-16(12-24)20(25)23-11-5-6-17(27-2)19(23)22-18/h5-11,21,24H,4,12-13H2,1-3H3. The quantitative estimate of drug-likeness (QED) is 0.542. The van der Waals surface area contributed by atoms with Crippen molar-refractivity contribution in [2.45, 2.75) is 19.7 Å². The van der Waals surface area contributed by atoms with Crippen LogP contribution in [0.5, 0.6) is 5.75 Å². The van der Waals surface area contributed by atoms with Gasteiger partial charge in [-0.15, -0.1) is 0 Å². The molecule has 0 bridgehead atoms. The Hall–Kier alpha value is -2.67. The van der Waals surface area contributed by atoms with Crippen molar-refractivity contribution < 1.29 is 18.9 Å². The van der Waals surface area contributed by atoms with Gasteiger partial charge in [-0.2, -0.15) is 0 Å². The van der Waals surface area contributed by atoms with Gasteiger partial charge in [0.05, 0.1) is 25.9 Å². The fourth-order valence-corrected chi connectivity index (χ4v) is 4.57. The van der Waals surface area contributed by atoms with Crippen LogP contribution in [0.25, 0.3) is 5.65 Å².